The summed E-state index contributed by atoms with van der Waals surface area (Å²) >= 11 is 0. The monoisotopic (exact) mass is 252 g/mol. The van der Waals surface area contributed by atoms with Gasteiger partial charge in [0, 0.05) is 6.42 Å². The van der Waals surface area contributed by atoms with E-state index in [0.717, 1.165) is 18.3 Å². The van der Waals surface area contributed by atoms with Gasteiger partial charge < -0.3 is 4.79 Å². The number of carbonyl (C=O) groups excluding carboxylic acids is 1. The van der Waals surface area contributed by atoms with Crippen LogP contribution in [0.2, 0.25) is 0 Å². The fraction of sp³-hybridized carbons (Fsp3) is 0.941. The molecule has 0 saturated heterocycles. The maximum absolute atomic E-state index is 11.6. The SMILES string of the molecule is CC(=O)CC(C(C)C)C1C(C)CCC(C)C1(C)C. The summed E-state index contributed by atoms with van der Waals surface area (Å²) in [6, 6.07) is 0. The van der Waals surface area contributed by atoms with Gasteiger partial charge in [-0.1, -0.05) is 48.0 Å². The second-order valence-electron chi connectivity index (χ2n) is 7.62. The molecule has 1 fully saturated rings. The van der Waals surface area contributed by atoms with E-state index in [-0.39, 0.29) is 0 Å². The van der Waals surface area contributed by atoms with Gasteiger partial charge in [-0.05, 0) is 48.3 Å². The van der Waals surface area contributed by atoms with Crippen LogP contribution in [0.25, 0.3) is 0 Å². The third kappa shape index (κ3) is 3.16. The lowest BCUT2D eigenvalue weighted by Crippen LogP contribution is -2.45. The van der Waals surface area contributed by atoms with E-state index in [1.807, 2.05) is 0 Å². The summed E-state index contributed by atoms with van der Waals surface area (Å²) in [6.07, 6.45) is 3.44. The normalized spacial score (nSPS) is 33.4. The van der Waals surface area contributed by atoms with Crippen LogP contribution in [-0.4, -0.2) is 5.78 Å². The summed E-state index contributed by atoms with van der Waals surface area (Å²) in [4.78, 5) is 11.6. The Morgan fingerprint density at radius 1 is 1.22 bits per heavy atom. The molecule has 1 saturated carbocycles. The van der Waals surface area contributed by atoms with Crippen molar-refractivity contribution in [1.29, 1.82) is 0 Å². The molecular formula is C17H32O. The fourth-order valence-corrected chi connectivity index (χ4v) is 4.21. The van der Waals surface area contributed by atoms with Crippen LogP contribution in [-0.2, 0) is 4.79 Å². The zero-order chi connectivity index (χ0) is 14.1. The highest BCUT2D eigenvalue weighted by Crippen LogP contribution is 2.52. The molecule has 0 amide bonds. The van der Waals surface area contributed by atoms with Crippen molar-refractivity contribution in [2.24, 2.45) is 35.0 Å². The topological polar surface area (TPSA) is 17.1 Å². The van der Waals surface area contributed by atoms with Gasteiger partial charge >= 0.3 is 0 Å². The van der Waals surface area contributed by atoms with Gasteiger partial charge in [0.1, 0.15) is 5.78 Å². The highest BCUT2D eigenvalue weighted by Gasteiger charge is 2.46. The van der Waals surface area contributed by atoms with Crippen LogP contribution in [0.5, 0.6) is 0 Å². The van der Waals surface area contributed by atoms with Crippen LogP contribution in [0.4, 0.5) is 0 Å². The Bertz CT molecular complexity index is 290. The summed E-state index contributed by atoms with van der Waals surface area (Å²) in [5.74, 6) is 3.72. The van der Waals surface area contributed by atoms with E-state index in [2.05, 4.69) is 41.5 Å². The van der Waals surface area contributed by atoms with E-state index in [1.165, 1.54) is 12.8 Å². The lowest BCUT2D eigenvalue weighted by molar-refractivity contribution is -0.120. The number of rotatable bonds is 4. The maximum atomic E-state index is 11.6. The standard InChI is InChI=1S/C17H32O/c1-11(2)15(10-14(5)18)16-12(3)8-9-13(4)17(16,6)7/h11-13,15-16H,8-10H2,1-7H3. The van der Waals surface area contributed by atoms with Crippen LogP contribution in [0.1, 0.15) is 67.7 Å². The summed E-state index contributed by atoms with van der Waals surface area (Å²) < 4.78 is 0. The van der Waals surface area contributed by atoms with Crippen LogP contribution in [0, 0.1) is 35.0 Å². The van der Waals surface area contributed by atoms with Crippen molar-refractivity contribution in [2.45, 2.75) is 67.7 Å². The quantitative estimate of drug-likeness (QED) is 0.692. The van der Waals surface area contributed by atoms with Gasteiger partial charge in [-0.3, -0.25) is 0 Å². The molecule has 0 N–H and O–H groups in total. The van der Waals surface area contributed by atoms with Gasteiger partial charge in [0.15, 0.2) is 0 Å². The van der Waals surface area contributed by atoms with Gasteiger partial charge in [-0.2, -0.15) is 0 Å². The van der Waals surface area contributed by atoms with E-state index in [1.54, 1.807) is 6.92 Å². The van der Waals surface area contributed by atoms with Crippen molar-refractivity contribution >= 4 is 5.78 Å². The van der Waals surface area contributed by atoms with Crippen LogP contribution in [0.3, 0.4) is 0 Å². The first-order chi connectivity index (χ1) is 8.17. The molecule has 1 aliphatic rings. The van der Waals surface area contributed by atoms with Gasteiger partial charge in [-0.25, -0.2) is 0 Å². The zero-order valence-electron chi connectivity index (χ0n) is 13.4. The molecule has 1 nitrogen and oxygen atoms in total. The Morgan fingerprint density at radius 2 is 1.78 bits per heavy atom. The first kappa shape index (κ1) is 15.7. The summed E-state index contributed by atoms with van der Waals surface area (Å²) in [5.41, 5.74) is 0.363. The lowest BCUT2D eigenvalue weighted by atomic mass is 9.53. The molecule has 0 aromatic heterocycles. The van der Waals surface area contributed by atoms with Gasteiger partial charge in [0.2, 0.25) is 0 Å². The predicted octanol–water partition coefficient (Wildman–Crippen LogP) is 4.95. The largest absolute Gasteiger partial charge is 0.300 e. The summed E-state index contributed by atoms with van der Waals surface area (Å²) in [6.45, 7) is 16.0. The van der Waals surface area contributed by atoms with Gasteiger partial charge in [-0.15, -0.1) is 0 Å². The molecule has 0 aliphatic heterocycles. The van der Waals surface area contributed by atoms with E-state index in [0.29, 0.717) is 29.0 Å². The van der Waals surface area contributed by atoms with Crippen molar-refractivity contribution in [3.63, 3.8) is 0 Å². The van der Waals surface area contributed by atoms with Crippen molar-refractivity contribution in [3.05, 3.63) is 0 Å². The first-order valence-electron chi connectivity index (χ1n) is 7.67. The molecule has 0 radical (unpaired) electrons. The number of hydrogen-bond donors (Lipinski definition) is 0. The maximum Gasteiger partial charge on any atom is 0.130 e. The number of hydrogen-bond acceptors (Lipinski definition) is 1. The minimum absolute atomic E-state index is 0.356. The molecule has 1 aliphatic carbocycles. The number of ketones is 1. The van der Waals surface area contributed by atoms with Gasteiger partial charge in [0.05, 0.1) is 0 Å². The Morgan fingerprint density at radius 3 is 2.22 bits per heavy atom. The molecule has 0 spiro atoms. The predicted molar refractivity (Wildman–Crippen MR) is 78.5 cm³/mol. The molecule has 18 heavy (non-hydrogen) atoms. The Hall–Kier alpha value is -0.330. The van der Waals surface area contributed by atoms with E-state index < -0.39 is 0 Å². The smallest absolute Gasteiger partial charge is 0.130 e. The van der Waals surface area contributed by atoms with Crippen molar-refractivity contribution in [3.8, 4) is 0 Å². The fourth-order valence-electron chi connectivity index (χ4n) is 4.21. The van der Waals surface area contributed by atoms with Gasteiger partial charge in [0.25, 0.3) is 0 Å². The first-order valence-corrected chi connectivity index (χ1v) is 7.67. The van der Waals surface area contributed by atoms with Crippen LogP contribution >= 0.6 is 0 Å². The molecule has 106 valence electrons. The highest BCUT2D eigenvalue weighted by molar-refractivity contribution is 5.75. The second-order valence-corrected chi connectivity index (χ2v) is 7.62. The Labute approximate surface area is 114 Å². The Kier molecular flexibility index (Phi) is 5.03. The lowest BCUT2D eigenvalue weighted by Gasteiger charge is -2.52. The molecule has 0 aromatic carbocycles. The minimum atomic E-state index is 0.356. The average molecular weight is 252 g/mol. The molecule has 1 rings (SSSR count). The summed E-state index contributed by atoms with van der Waals surface area (Å²) in [5, 5.41) is 0. The second kappa shape index (κ2) is 5.75. The Balaban J connectivity index is 3.02. The summed E-state index contributed by atoms with van der Waals surface area (Å²) in [7, 11) is 0. The third-order valence-corrected chi connectivity index (χ3v) is 5.64. The zero-order valence-corrected chi connectivity index (χ0v) is 13.4. The average Bonchev–Trinajstić information content (AvgIpc) is 2.21. The van der Waals surface area contributed by atoms with Crippen molar-refractivity contribution < 1.29 is 4.79 Å². The molecule has 4 atom stereocenters. The van der Waals surface area contributed by atoms with Crippen molar-refractivity contribution in [2.75, 3.05) is 0 Å². The molecule has 0 bridgehead atoms. The molecule has 0 aromatic rings. The molecule has 1 heteroatoms. The minimum Gasteiger partial charge on any atom is -0.300 e. The van der Waals surface area contributed by atoms with Crippen molar-refractivity contribution in [1.82, 2.24) is 0 Å². The highest BCUT2D eigenvalue weighted by atomic mass is 16.1. The molecule has 0 heterocycles. The number of carbonyl (C=O) groups is 1. The third-order valence-electron chi connectivity index (χ3n) is 5.64. The van der Waals surface area contributed by atoms with Crippen LogP contribution < -0.4 is 0 Å². The molecule has 4 unspecified atom stereocenters. The van der Waals surface area contributed by atoms with Crippen LogP contribution in [0.15, 0.2) is 0 Å². The van der Waals surface area contributed by atoms with E-state index in [4.69, 9.17) is 0 Å². The van der Waals surface area contributed by atoms with E-state index >= 15 is 0 Å². The number of Topliss-reactive ketones (excluding diaryl/α,β-unsaturated/α-hetero) is 1. The van der Waals surface area contributed by atoms with E-state index in [9.17, 15) is 4.79 Å². The molecular weight excluding hydrogens is 220 g/mol.